The first-order valence-corrected chi connectivity index (χ1v) is 15.0. The van der Waals surface area contributed by atoms with Gasteiger partial charge in [-0.1, -0.05) is 0 Å². The van der Waals surface area contributed by atoms with Gasteiger partial charge in [-0.25, -0.2) is 0 Å². The lowest BCUT2D eigenvalue weighted by Crippen LogP contribution is -2.63. The van der Waals surface area contributed by atoms with Crippen molar-refractivity contribution in [2.75, 3.05) is 13.2 Å². The Labute approximate surface area is 276 Å². The van der Waals surface area contributed by atoms with E-state index in [2.05, 4.69) is 0 Å². The molecule has 0 aliphatic carbocycles. The lowest BCUT2D eigenvalue weighted by molar-refractivity contribution is -0.263. The zero-order valence-electron chi connectivity index (χ0n) is 28.0. The maximum Gasteiger partial charge on any atom is 0.303 e. The molecule has 0 amide bonds. The van der Waals surface area contributed by atoms with Crippen molar-refractivity contribution in [3.05, 3.63) is 0 Å². The molecule has 2 saturated heterocycles. The lowest BCUT2D eigenvalue weighted by Gasteiger charge is -2.46. The molecule has 0 bridgehead atoms. The Hall–Kier alpha value is -4.32. The molecule has 18 nitrogen and oxygen atoms in total. The molecule has 0 aromatic rings. The molecule has 0 N–H and O–H groups in total. The third-order valence-corrected chi connectivity index (χ3v) is 6.91. The molecular weight excluding hydrogens is 648 g/mol. The first kappa shape index (κ1) is 39.9. The van der Waals surface area contributed by atoms with Gasteiger partial charge in [0.25, 0.3) is 0 Å². The summed E-state index contributed by atoms with van der Waals surface area (Å²) in [7, 11) is 0. The quantitative estimate of drug-likeness (QED) is 0.183. The number of carbonyl (C=O) groups is 8. The maximum absolute atomic E-state index is 12.2. The first-order valence-electron chi connectivity index (χ1n) is 15.0. The van der Waals surface area contributed by atoms with E-state index < -0.39 is 122 Å². The van der Waals surface area contributed by atoms with Gasteiger partial charge in [0.15, 0.2) is 36.6 Å². The Balaban J connectivity index is 2.57. The van der Waals surface area contributed by atoms with E-state index in [1.807, 2.05) is 0 Å². The van der Waals surface area contributed by atoms with E-state index in [4.69, 9.17) is 47.4 Å². The minimum absolute atomic E-state index is 0.118. The normalized spacial score (nSPS) is 29.7. The topological polar surface area (TPSA) is 229 Å². The lowest BCUT2D eigenvalue weighted by atomic mass is 9.88. The van der Waals surface area contributed by atoms with Crippen LogP contribution in [0.1, 0.15) is 68.2 Å². The van der Waals surface area contributed by atoms with Crippen molar-refractivity contribution >= 4 is 47.8 Å². The number of hydrogen-bond donors (Lipinski definition) is 0. The fraction of sp³-hybridized carbons (Fsp3) is 0.733. The molecule has 18 heteroatoms. The minimum atomic E-state index is -1.43. The van der Waals surface area contributed by atoms with Crippen molar-refractivity contribution in [3.63, 3.8) is 0 Å². The second-order valence-electron chi connectivity index (χ2n) is 11.1. The molecule has 0 saturated carbocycles. The predicted octanol–water partition coefficient (Wildman–Crippen LogP) is 0.0178. The van der Waals surface area contributed by atoms with E-state index in [0.717, 1.165) is 55.4 Å². The molecule has 10 atom stereocenters. The van der Waals surface area contributed by atoms with E-state index in [0.29, 0.717) is 0 Å². The second kappa shape index (κ2) is 18.3. The fourth-order valence-corrected chi connectivity index (χ4v) is 5.43. The van der Waals surface area contributed by atoms with Crippen molar-refractivity contribution in [2.24, 2.45) is 0 Å². The summed E-state index contributed by atoms with van der Waals surface area (Å²) in [4.78, 5) is 96.2. The number of ether oxygens (including phenoxy) is 10. The molecule has 0 unspecified atom stereocenters. The summed E-state index contributed by atoms with van der Waals surface area (Å²) in [6, 6.07) is 0. The largest absolute Gasteiger partial charge is 0.463 e. The average Bonchev–Trinajstić information content (AvgIpc) is 2.93. The van der Waals surface area contributed by atoms with Gasteiger partial charge in [-0.2, -0.15) is 0 Å². The summed E-state index contributed by atoms with van der Waals surface area (Å²) in [5.74, 6) is -6.24. The number of hydrogen-bond acceptors (Lipinski definition) is 18. The van der Waals surface area contributed by atoms with E-state index >= 15 is 0 Å². The summed E-state index contributed by atoms with van der Waals surface area (Å²) in [5, 5.41) is 0. The highest BCUT2D eigenvalue weighted by atomic mass is 16.7. The Bertz CT molecular complexity index is 1120. The molecule has 270 valence electrons. The van der Waals surface area contributed by atoms with Crippen LogP contribution in [-0.2, 0) is 85.7 Å². The van der Waals surface area contributed by atoms with Crippen LogP contribution in [0.2, 0.25) is 0 Å². The molecule has 2 aliphatic heterocycles. The molecule has 48 heavy (non-hydrogen) atoms. The average molecular weight is 691 g/mol. The Morgan fingerprint density at radius 2 is 0.583 bits per heavy atom. The van der Waals surface area contributed by atoms with E-state index in [1.165, 1.54) is 0 Å². The molecule has 2 aliphatic rings. The predicted molar refractivity (Wildman–Crippen MR) is 153 cm³/mol. The summed E-state index contributed by atoms with van der Waals surface area (Å²) >= 11 is 0. The van der Waals surface area contributed by atoms with E-state index in [-0.39, 0.29) is 12.8 Å². The highest BCUT2D eigenvalue weighted by molar-refractivity contribution is 5.70. The Morgan fingerprint density at radius 1 is 0.354 bits per heavy atom. The van der Waals surface area contributed by atoms with Crippen LogP contribution in [-0.4, -0.2) is 122 Å². The van der Waals surface area contributed by atoms with Crippen LogP contribution in [0.25, 0.3) is 0 Å². The summed E-state index contributed by atoms with van der Waals surface area (Å²) in [6.07, 6.45) is -13.3. The fourth-order valence-electron chi connectivity index (χ4n) is 5.43. The second-order valence-corrected chi connectivity index (χ2v) is 11.1. The van der Waals surface area contributed by atoms with Crippen LogP contribution in [0.3, 0.4) is 0 Å². The van der Waals surface area contributed by atoms with Crippen LogP contribution >= 0.6 is 0 Å². The molecule has 2 heterocycles. The van der Waals surface area contributed by atoms with E-state index in [1.54, 1.807) is 0 Å². The van der Waals surface area contributed by atoms with Gasteiger partial charge in [0.05, 0.1) is 12.2 Å². The van der Waals surface area contributed by atoms with Crippen molar-refractivity contribution in [1.29, 1.82) is 0 Å². The third-order valence-electron chi connectivity index (χ3n) is 6.91. The van der Waals surface area contributed by atoms with Crippen molar-refractivity contribution in [2.45, 2.75) is 129 Å². The van der Waals surface area contributed by atoms with Gasteiger partial charge in [0, 0.05) is 55.4 Å². The summed E-state index contributed by atoms with van der Waals surface area (Å²) in [6.45, 7) is 7.89. The van der Waals surface area contributed by atoms with Gasteiger partial charge in [0.1, 0.15) is 25.4 Å². The van der Waals surface area contributed by atoms with Crippen molar-refractivity contribution in [3.8, 4) is 0 Å². The maximum atomic E-state index is 12.2. The van der Waals surface area contributed by atoms with Crippen LogP contribution in [0.5, 0.6) is 0 Å². The zero-order valence-corrected chi connectivity index (χ0v) is 28.0. The summed E-state index contributed by atoms with van der Waals surface area (Å²) < 4.78 is 55.2. The van der Waals surface area contributed by atoms with Gasteiger partial charge in [-0.15, -0.1) is 0 Å². The van der Waals surface area contributed by atoms with Gasteiger partial charge < -0.3 is 47.4 Å². The highest BCUT2D eigenvalue weighted by Gasteiger charge is 2.54. The summed E-state index contributed by atoms with van der Waals surface area (Å²) in [5.41, 5.74) is 0. The van der Waals surface area contributed by atoms with Gasteiger partial charge in [0.2, 0.25) is 0 Å². The van der Waals surface area contributed by atoms with Gasteiger partial charge in [-0.05, 0) is 12.8 Å². The number of carbonyl (C=O) groups excluding carboxylic acids is 8. The first-order chi connectivity index (χ1) is 22.4. The minimum Gasteiger partial charge on any atom is -0.463 e. The standard InChI is InChI=1S/C30H42O18/c1-13(31)39-11-23-27(43-17(5)35)29(45-19(7)37)25(41-15(3)33)21(47-23)9-10-22-26(42-16(4)34)30(46-20(8)38)28(44-18(6)36)24(48-22)12-40-14(2)32/h21-30H,9-12H2,1-8H3/t21-,22-,23+,24+,25-,26-,27+,28+,29+,30+/m0/s1. The van der Waals surface area contributed by atoms with Gasteiger partial charge in [-0.3, -0.25) is 38.4 Å². The van der Waals surface area contributed by atoms with Crippen molar-refractivity contribution in [1.82, 2.24) is 0 Å². The molecule has 0 aromatic heterocycles. The van der Waals surface area contributed by atoms with Gasteiger partial charge >= 0.3 is 47.8 Å². The van der Waals surface area contributed by atoms with Crippen LogP contribution < -0.4 is 0 Å². The molecular formula is C30H42O18. The number of rotatable bonds is 13. The molecule has 2 rings (SSSR count). The van der Waals surface area contributed by atoms with E-state index in [9.17, 15) is 38.4 Å². The number of esters is 8. The molecule has 2 fully saturated rings. The highest BCUT2D eigenvalue weighted by Crippen LogP contribution is 2.35. The SMILES string of the molecule is CC(=O)OC[C@H]1O[C@@H](CC[C@@H]2O[C@H](COC(C)=O)[C@@H](OC(C)=O)[C@H](OC(C)=O)[C@H]2OC(C)=O)[C@H](OC(C)=O)[C@@H](OC(C)=O)[C@@H]1OC(C)=O. The van der Waals surface area contributed by atoms with Crippen molar-refractivity contribution < 1.29 is 85.7 Å². The Kier molecular flexibility index (Phi) is 15.2. The monoisotopic (exact) mass is 690 g/mol. The molecule has 0 spiro atoms. The van der Waals surface area contributed by atoms with Crippen LogP contribution in [0, 0.1) is 0 Å². The molecule has 0 aromatic carbocycles. The van der Waals surface area contributed by atoms with Crippen LogP contribution in [0.4, 0.5) is 0 Å². The third kappa shape index (κ3) is 12.4. The Morgan fingerprint density at radius 3 is 0.812 bits per heavy atom. The molecule has 0 radical (unpaired) electrons. The zero-order chi connectivity index (χ0) is 36.3. The smallest absolute Gasteiger partial charge is 0.303 e. The van der Waals surface area contributed by atoms with Crippen LogP contribution in [0.15, 0.2) is 0 Å².